The minimum absolute atomic E-state index is 0.0438. The highest BCUT2D eigenvalue weighted by Crippen LogP contribution is 2.19. The van der Waals surface area contributed by atoms with Crippen molar-refractivity contribution in [1.82, 2.24) is 0 Å². The van der Waals surface area contributed by atoms with Crippen LogP contribution in [0.2, 0.25) is 0 Å². The van der Waals surface area contributed by atoms with Gasteiger partial charge in [-0.25, -0.2) is 4.39 Å². The molecular formula is C13H16FN. The molecule has 80 valence electrons. The number of unbranched alkanes of at least 4 members (excludes halogenated alkanes) is 1. The van der Waals surface area contributed by atoms with Gasteiger partial charge in [0.1, 0.15) is 5.82 Å². The second-order valence-electron chi connectivity index (χ2n) is 3.71. The minimum Gasteiger partial charge on any atom is -0.324 e. The molecule has 0 saturated carbocycles. The largest absolute Gasteiger partial charge is 0.324 e. The maximum absolute atomic E-state index is 13.0. The second kappa shape index (κ2) is 5.53. The maximum Gasteiger partial charge on any atom is 0.126 e. The molecule has 0 fully saturated rings. The Hall–Kier alpha value is -1.33. The van der Waals surface area contributed by atoms with Gasteiger partial charge in [-0.15, -0.1) is 12.3 Å². The summed E-state index contributed by atoms with van der Waals surface area (Å²) in [6.45, 7) is 1.74. The SMILES string of the molecule is C#CCCCC(N)c1ccc(F)c(C)c1. The molecule has 0 aliphatic rings. The summed E-state index contributed by atoms with van der Waals surface area (Å²) in [7, 11) is 0. The lowest BCUT2D eigenvalue weighted by atomic mass is 10.00. The van der Waals surface area contributed by atoms with Gasteiger partial charge < -0.3 is 5.73 Å². The topological polar surface area (TPSA) is 26.0 Å². The zero-order valence-electron chi connectivity index (χ0n) is 8.96. The summed E-state index contributed by atoms with van der Waals surface area (Å²) in [5.74, 6) is 2.39. The van der Waals surface area contributed by atoms with E-state index in [4.69, 9.17) is 12.2 Å². The van der Waals surface area contributed by atoms with Gasteiger partial charge in [0.25, 0.3) is 0 Å². The summed E-state index contributed by atoms with van der Waals surface area (Å²) in [5, 5.41) is 0. The van der Waals surface area contributed by atoms with E-state index < -0.39 is 0 Å². The quantitative estimate of drug-likeness (QED) is 0.593. The fourth-order valence-corrected chi connectivity index (χ4v) is 1.49. The molecule has 0 spiro atoms. The molecule has 0 heterocycles. The van der Waals surface area contributed by atoms with E-state index in [1.54, 1.807) is 19.1 Å². The van der Waals surface area contributed by atoms with Crippen molar-refractivity contribution in [3.63, 3.8) is 0 Å². The Morgan fingerprint density at radius 1 is 1.53 bits per heavy atom. The number of benzene rings is 1. The van der Waals surface area contributed by atoms with Crippen LogP contribution in [0, 0.1) is 25.1 Å². The lowest BCUT2D eigenvalue weighted by Crippen LogP contribution is -2.10. The lowest BCUT2D eigenvalue weighted by molar-refractivity contribution is 0.602. The van der Waals surface area contributed by atoms with E-state index in [2.05, 4.69) is 5.92 Å². The van der Waals surface area contributed by atoms with Crippen LogP contribution < -0.4 is 5.73 Å². The highest BCUT2D eigenvalue weighted by atomic mass is 19.1. The fraction of sp³-hybridized carbons (Fsp3) is 0.385. The predicted molar refractivity (Wildman–Crippen MR) is 60.7 cm³/mol. The van der Waals surface area contributed by atoms with Crippen molar-refractivity contribution < 1.29 is 4.39 Å². The Morgan fingerprint density at radius 3 is 2.87 bits per heavy atom. The molecule has 1 rings (SSSR count). The van der Waals surface area contributed by atoms with Gasteiger partial charge in [0, 0.05) is 12.5 Å². The normalized spacial score (nSPS) is 12.1. The first-order valence-electron chi connectivity index (χ1n) is 5.10. The molecule has 2 N–H and O–H groups in total. The first kappa shape index (κ1) is 11.7. The van der Waals surface area contributed by atoms with Gasteiger partial charge in [0.15, 0.2) is 0 Å². The van der Waals surface area contributed by atoms with Crippen molar-refractivity contribution in [2.24, 2.45) is 5.73 Å². The molecule has 15 heavy (non-hydrogen) atoms. The predicted octanol–water partition coefficient (Wildman–Crippen LogP) is 2.94. The molecule has 1 aromatic rings. The molecule has 1 nitrogen and oxygen atoms in total. The van der Waals surface area contributed by atoms with Crippen molar-refractivity contribution in [3.8, 4) is 12.3 Å². The molecular weight excluding hydrogens is 189 g/mol. The highest BCUT2D eigenvalue weighted by Gasteiger charge is 2.07. The van der Waals surface area contributed by atoms with Crippen LogP contribution in [0.15, 0.2) is 18.2 Å². The van der Waals surface area contributed by atoms with Gasteiger partial charge >= 0.3 is 0 Å². The van der Waals surface area contributed by atoms with Crippen LogP contribution >= 0.6 is 0 Å². The Bertz CT molecular complexity index is 365. The minimum atomic E-state index is -0.186. The summed E-state index contributed by atoms with van der Waals surface area (Å²) in [5.41, 5.74) is 7.58. The third kappa shape index (κ3) is 3.38. The maximum atomic E-state index is 13.0. The summed E-state index contributed by atoms with van der Waals surface area (Å²) in [6, 6.07) is 4.96. The molecule has 1 atom stereocenters. The first-order chi connectivity index (χ1) is 7.15. The zero-order chi connectivity index (χ0) is 11.3. The van der Waals surface area contributed by atoms with Gasteiger partial charge in [-0.2, -0.15) is 0 Å². The van der Waals surface area contributed by atoms with Crippen LogP contribution in [0.1, 0.15) is 36.4 Å². The standard InChI is InChI=1S/C13H16FN/c1-3-4-5-6-13(15)11-7-8-12(14)10(2)9-11/h1,7-9,13H,4-6,15H2,2H3. The van der Waals surface area contributed by atoms with Crippen LogP contribution in [0.25, 0.3) is 0 Å². The van der Waals surface area contributed by atoms with Gasteiger partial charge in [-0.3, -0.25) is 0 Å². The third-order valence-electron chi connectivity index (χ3n) is 2.45. The Labute approximate surface area is 90.5 Å². The average molecular weight is 205 g/mol. The number of halogens is 1. The number of terminal acetylenes is 1. The van der Waals surface area contributed by atoms with E-state index >= 15 is 0 Å². The molecule has 0 aromatic heterocycles. The van der Waals surface area contributed by atoms with Crippen LogP contribution in [0.4, 0.5) is 4.39 Å². The molecule has 0 radical (unpaired) electrons. The average Bonchev–Trinajstić information content (AvgIpc) is 2.22. The molecule has 1 unspecified atom stereocenters. The smallest absolute Gasteiger partial charge is 0.126 e. The summed E-state index contributed by atoms with van der Waals surface area (Å²) in [6.07, 6.45) is 7.65. The van der Waals surface area contributed by atoms with Gasteiger partial charge in [-0.05, 0) is 37.0 Å². The number of aryl methyl sites for hydroxylation is 1. The van der Waals surface area contributed by atoms with E-state index in [1.807, 2.05) is 0 Å². The Kier molecular flexibility index (Phi) is 4.33. The molecule has 0 amide bonds. The molecule has 0 aliphatic heterocycles. The van der Waals surface area contributed by atoms with Gasteiger partial charge in [0.2, 0.25) is 0 Å². The van der Waals surface area contributed by atoms with Crippen LogP contribution in [0.5, 0.6) is 0 Å². The summed E-state index contributed by atoms with van der Waals surface area (Å²) < 4.78 is 13.0. The number of hydrogen-bond donors (Lipinski definition) is 1. The number of rotatable bonds is 4. The monoisotopic (exact) mass is 205 g/mol. The van der Waals surface area contributed by atoms with Crippen molar-refractivity contribution in [1.29, 1.82) is 0 Å². The molecule has 1 aromatic carbocycles. The van der Waals surface area contributed by atoms with Crippen molar-refractivity contribution in [2.75, 3.05) is 0 Å². The Balaban J connectivity index is 2.62. The van der Waals surface area contributed by atoms with E-state index in [-0.39, 0.29) is 11.9 Å². The zero-order valence-corrected chi connectivity index (χ0v) is 8.96. The molecule has 2 heteroatoms. The first-order valence-corrected chi connectivity index (χ1v) is 5.10. The van der Waals surface area contributed by atoms with E-state index in [1.165, 1.54) is 6.07 Å². The van der Waals surface area contributed by atoms with Gasteiger partial charge in [0.05, 0.1) is 0 Å². The second-order valence-corrected chi connectivity index (χ2v) is 3.71. The van der Waals surface area contributed by atoms with Gasteiger partial charge in [-0.1, -0.05) is 12.1 Å². The third-order valence-corrected chi connectivity index (χ3v) is 2.45. The van der Waals surface area contributed by atoms with E-state index in [9.17, 15) is 4.39 Å². The highest BCUT2D eigenvalue weighted by molar-refractivity contribution is 5.26. The van der Waals surface area contributed by atoms with E-state index in [0.717, 1.165) is 24.8 Å². The Morgan fingerprint density at radius 2 is 2.27 bits per heavy atom. The lowest BCUT2D eigenvalue weighted by Gasteiger charge is -2.12. The van der Waals surface area contributed by atoms with Crippen LogP contribution in [-0.4, -0.2) is 0 Å². The number of nitrogens with two attached hydrogens (primary N) is 1. The summed E-state index contributed by atoms with van der Waals surface area (Å²) >= 11 is 0. The van der Waals surface area contributed by atoms with E-state index in [0.29, 0.717) is 5.56 Å². The molecule has 0 saturated heterocycles. The van der Waals surface area contributed by atoms with Crippen molar-refractivity contribution in [2.45, 2.75) is 32.2 Å². The number of hydrogen-bond acceptors (Lipinski definition) is 1. The van der Waals surface area contributed by atoms with Crippen LogP contribution in [0.3, 0.4) is 0 Å². The van der Waals surface area contributed by atoms with Crippen molar-refractivity contribution in [3.05, 3.63) is 35.1 Å². The molecule has 0 aliphatic carbocycles. The fourth-order valence-electron chi connectivity index (χ4n) is 1.49. The van der Waals surface area contributed by atoms with Crippen LogP contribution in [-0.2, 0) is 0 Å². The molecule has 0 bridgehead atoms. The summed E-state index contributed by atoms with van der Waals surface area (Å²) in [4.78, 5) is 0. The van der Waals surface area contributed by atoms with Crippen molar-refractivity contribution >= 4 is 0 Å².